The minimum Gasteiger partial charge on any atom is -0.388 e. The lowest BCUT2D eigenvalue weighted by molar-refractivity contribution is -0.127. The third kappa shape index (κ3) is 2.09. The van der Waals surface area contributed by atoms with Crippen LogP contribution in [0.2, 0.25) is 0 Å². The van der Waals surface area contributed by atoms with Crippen molar-refractivity contribution in [3.63, 3.8) is 0 Å². The molecule has 2 N–H and O–H groups in total. The van der Waals surface area contributed by atoms with E-state index in [4.69, 9.17) is 5.11 Å². The average molecular weight is 266 g/mol. The van der Waals surface area contributed by atoms with Gasteiger partial charge in [0.25, 0.3) is 5.91 Å². The van der Waals surface area contributed by atoms with Crippen LogP contribution in [-0.4, -0.2) is 35.8 Å². The van der Waals surface area contributed by atoms with Crippen LogP contribution in [0.25, 0.3) is 0 Å². The first-order valence-electron chi connectivity index (χ1n) is 5.54. The third-order valence-corrected chi connectivity index (χ3v) is 3.90. The van der Waals surface area contributed by atoms with Gasteiger partial charge in [0.15, 0.2) is 0 Å². The number of amides is 2. The van der Waals surface area contributed by atoms with Crippen LogP contribution in [0.1, 0.15) is 6.92 Å². The van der Waals surface area contributed by atoms with Gasteiger partial charge >= 0.3 is 0 Å². The number of fused-ring (bicyclic) bond motifs is 1. The molecule has 1 aromatic carbocycles. The van der Waals surface area contributed by atoms with E-state index in [0.29, 0.717) is 5.69 Å². The van der Waals surface area contributed by atoms with Crippen LogP contribution >= 0.6 is 11.8 Å². The Hall–Kier alpha value is -1.53. The van der Waals surface area contributed by atoms with Crippen molar-refractivity contribution in [3.05, 3.63) is 18.2 Å². The van der Waals surface area contributed by atoms with E-state index in [9.17, 15) is 9.59 Å². The molecule has 18 heavy (non-hydrogen) atoms. The first-order chi connectivity index (χ1) is 8.58. The molecule has 0 fully saturated rings. The van der Waals surface area contributed by atoms with Crippen molar-refractivity contribution in [3.8, 4) is 0 Å². The fourth-order valence-corrected chi connectivity index (χ4v) is 2.82. The highest BCUT2D eigenvalue weighted by molar-refractivity contribution is 8.01. The van der Waals surface area contributed by atoms with Gasteiger partial charge in [-0.15, -0.1) is 11.8 Å². The normalized spacial score (nSPS) is 18.5. The molecule has 0 saturated carbocycles. The summed E-state index contributed by atoms with van der Waals surface area (Å²) in [6, 6.07) is 5.49. The van der Waals surface area contributed by atoms with Gasteiger partial charge in [0.05, 0.1) is 10.9 Å². The SMILES string of the molecule is CNc1ccc2c(c1)N(C(=O)CO)C(=O)C(C)S2. The smallest absolute Gasteiger partial charge is 0.259 e. The Balaban J connectivity index is 2.53. The van der Waals surface area contributed by atoms with Crippen molar-refractivity contribution in [1.82, 2.24) is 0 Å². The van der Waals surface area contributed by atoms with Gasteiger partial charge in [0.2, 0.25) is 5.91 Å². The lowest BCUT2D eigenvalue weighted by Crippen LogP contribution is -2.45. The van der Waals surface area contributed by atoms with Gasteiger partial charge < -0.3 is 10.4 Å². The summed E-state index contributed by atoms with van der Waals surface area (Å²) in [7, 11) is 1.76. The maximum atomic E-state index is 12.0. The third-order valence-electron chi connectivity index (χ3n) is 2.75. The minimum absolute atomic E-state index is 0.292. The number of aliphatic hydroxyl groups excluding tert-OH is 1. The zero-order valence-electron chi connectivity index (χ0n) is 10.1. The van der Waals surface area contributed by atoms with Gasteiger partial charge in [-0.3, -0.25) is 9.59 Å². The second kappa shape index (κ2) is 4.99. The largest absolute Gasteiger partial charge is 0.388 e. The average Bonchev–Trinajstić information content (AvgIpc) is 2.39. The Morgan fingerprint density at radius 3 is 2.89 bits per heavy atom. The predicted molar refractivity (Wildman–Crippen MR) is 70.9 cm³/mol. The van der Waals surface area contributed by atoms with Crippen molar-refractivity contribution in [1.29, 1.82) is 0 Å². The Labute approximate surface area is 109 Å². The van der Waals surface area contributed by atoms with Crippen molar-refractivity contribution in [2.75, 3.05) is 23.9 Å². The second-order valence-electron chi connectivity index (χ2n) is 3.92. The number of hydrogen-bond acceptors (Lipinski definition) is 5. The number of aliphatic hydroxyl groups is 1. The summed E-state index contributed by atoms with van der Waals surface area (Å²) >= 11 is 1.42. The molecule has 6 heteroatoms. The van der Waals surface area contributed by atoms with Gasteiger partial charge in [-0.1, -0.05) is 0 Å². The summed E-state index contributed by atoms with van der Waals surface area (Å²) < 4.78 is 0. The van der Waals surface area contributed by atoms with Crippen LogP contribution in [0.15, 0.2) is 23.1 Å². The highest BCUT2D eigenvalue weighted by Gasteiger charge is 2.34. The van der Waals surface area contributed by atoms with Crippen molar-refractivity contribution < 1.29 is 14.7 Å². The van der Waals surface area contributed by atoms with Crippen LogP contribution in [0.5, 0.6) is 0 Å². The van der Waals surface area contributed by atoms with Gasteiger partial charge in [-0.05, 0) is 25.1 Å². The van der Waals surface area contributed by atoms with Crippen LogP contribution in [0.3, 0.4) is 0 Å². The van der Waals surface area contributed by atoms with Gasteiger partial charge in [0, 0.05) is 17.6 Å². The molecule has 0 spiro atoms. The molecule has 0 aromatic heterocycles. The highest BCUT2D eigenvalue weighted by Crippen LogP contribution is 2.40. The number of imide groups is 1. The Bertz CT molecular complexity index is 504. The number of rotatable bonds is 2. The molecule has 1 atom stereocenters. The molecular formula is C12H14N2O3S. The first kappa shape index (κ1) is 12.9. The molecule has 1 unspecified atom stereocenters. The topological polar surface area (TPSA) is 69.6 Å². The van der Waals surface area contributed by atoms with Crippen molar-refractivity contribution >= 4 is 35.0 Å². The molecule has 2 rings (SSSR count). The van der Waals surface area contributed by atoms with Crippen LogP contribution in [0.4, 0.5) is 11.4 Å². The monoisotopic (exact) mass is 266 g/mol. The Morgan fingerprint density at radius 1 is 1.56 bits per heavy atom. The van der Waals surface area contributed by atoms with Gasteiger partial charge in [-0.2, -0.15) is 0 Å². The lowest BCUT2D eigenvalue weighted by Gasteiger charge is -2.30. The highest BCUT2D eigenvalue weighted by atomic mass is 32.2. The minimum atomic E-state index is -0.674. The predicted octanol–water partition coefficient (Wildman–Crippen LogP) is 1.07. The molecule has 1 aliphatic rings. The standard InChI is InChI=1S/C12H14N2O3S/c1-7-12(17)14(11(16)6-15)9-5-8(13-2)3-4-10(9)18-7/h3-5,7,13,15H,6H2,1-2H3. The number of benzene rings is 1. The summed E-state index contributed by atoms with van der Waals surface area (Å²) in [5, 5.41) is 11.6. The van der Waals surface area contributed by atoms with E-state index in [1.165, 1.54) is 11.8 Å². The number of carbonyl (C=O) groups is 2. The van der Waals surface area contributed by atoms with E-state index in [-0.39, 0.29) is 11.2 Å². The first-order valence-corrected chi connectivity index (χ1v) is 6.42. The van der Waals surface area contributed by atoms with Crippen molar-refractivity contribution in [2.45, 2.75) is 17.1 Å². The molecule has 0 aliphatic carbocycles. The van der Waals surface area contributed by atoms with E-state index in [1.54, 1.807) is 20.0 Å². The fourth-order valence-electron chi connectivity index (χ4n) is 1.82. The lowest BCUT2D eigenvalue weighted by atomic mass is 10.2. The quantitative estimate of drug-likeness (QED) is 0.838. The number of carbonyl (C=O) groups excluding carboxylic acids is 2. The van der Waals surface area contributed by atoms with E-state index in [2.05, 4.69) is 5.32 Å². The molecule has 0 saturated heterocycles. The van der Waals surface area contributed by atoms with Crippen molar-refractivity contribution in [2.24, 2.45) is 0 Å². The molecule has 2 amide bonds. The molecule has 5 nitrogen and oxygen atoms in total. The van der Waals surface area contributed by atoms with E-state index < -0.39 is 12.5 Å². The molecular weight excluding hydrogens is 252 g/mol. The molecule has 0 radical (unpaired) electrons. The number of nitrogens with zero attached hydrogens (tertiary/aromatic N) is 1. The van der Waals surface area contributed by atoms with Gasteiger partial charge in [0.1, 0.15) is 6.61 Å². The molecule has 1 aromatic rings. The summed E-state index contributed by atoms with van der Waals surface area (Å²) in [6.07, 6.45) is 0. The molecule has 96 valence electrons. The summed E-state index contributed by atoms with van der Waals surface area (Å²) in [5.41, 5.74) is 1.35. The maximum absolute atomic E-state index is 12.0. The summed E-state index contributed by atoms with van der Waals surface area (Å²) in [4.78, 5) is 25.7. The van der Waals surface area contributed by atoms with Crippen LogP contribution in [0, 0.1) is 0 Å². The Kier molecular flexibility index (Phi) is 3.58. The number of anilines is 2. The Morgan fingerprint density at radius 2 is 2.28 bits per heavy atom. The molecule has 0 bridgehead atoms. The molecule has 1 aliphatic heterocycles. The van der Waals surface area contributed by atoms with Gasteiger partial charge in [-0.25, -0.2) is 4.90 Å². The van der Waals surface area contributed by atoms with E-state index >= 15 is 0 Å². The van der Waals surface area contributed by atoms with E-state index in [0.717, 1.165) is 15.5 Å². The van der Waals surface area contributed by atoms with Crippen LogP contribution < -0.4 is 10.2 Å². The second-order valence-corrected chi connectivity index (χ2v) is 5.30. The summed E-state index contributed by atoms with van der Waals surface area (Å²) in [6.45, 7) is 1.08. The van der Waals surface area contributed by atoms with E-state index in [1.807, 2.05) is 12.1 Å². The maximum Gasteiger partial charge on any atom is 0.259 e. The number of thioether (sulfide) groups is 1. The number of nitrogens with one attached hydrogen (secondary N) is 1. The molecule has 1 heterocycles. The zero-order chi connectivity index (χ0) is 13.3. The summed E-state index contributed by atoms with van der Waals surface area (Å²) in [5.74, 6) is -0.888. The number of hydrogen-bond donors (Lipinski definition) is 2. The fraction of sp³-hybridized carbons (Fsp3) is 0.333. The van der Waals surface area contributed by atoms with Crippen LogP contribution in [-0.2, 0) is 9.59 Å². The zero-order valence-corrected chi connectivity index (χ0v) is 11.0.